The van der Waals surface area contributed by atoms with Crippen LogP contribution in [0.3, 0.4) is 0 Å². The molecule has 1 unspecified atom stereocenters. The Morgan fingerprint density at radius 1 is 1.30 bits per heavy atom. The standard InChI is InChI=1S/C16H25N3O/c1-11(2)15(18)16(20)19-9-13(8-17)14(10-19)12-6-4-3-5-7-12/h3-7,11,13-15H,8-10,17-18H2,1-2H3/t13-,14+,15?/m1/s1. The number of rotatable bonds is 4. The van der Waals surface area contributed by atoms with Crippen LogP contribution in [0.4, 0.5) is 0 Å². The first-order chi connectivity index (χ1) is 9.54. The second-order valence-corrected chi connectivity index (χ2v) is 6.03. The van der Waals surface area contributed by atoms with Crippen molar-refractivity contribution >= 4 is 5.91 Å². The number of amides is 1. The molecule has 1 amide bonds. The van der Waals surface area contributed by atoms with Gasteiger partial charge in [-0.05, 0) is 23.9 Å². The van der Waals surface area contributed by atoms with Gasteiger partial charge in [0.25, 0.3) is 0 Å². The molecule has 1 saturated heterocycles. The minimum atomic E-state index is -0.414. The van der Waals surface area contributed by atoms with Crippen molar-refractivity contribution in [3.63, 3.8) is 0 Å². The van der Waals surface area contributed by atoms with Crippen LogP contribution in [-0.4, -0.2) is 36.5 Å². The zero-order valence-electron chi connectivity index (χ0n) is 12.3. The van der Waals surface area contributed by atoms with Crippen LogP contribution in [0.1, 0.15) is 25.3 Å². The predicted octanol–water partition coefficient (Wildman–Crippen LogP) is 1.17. The van der Waals surface area contributed by atoms with Crippen molar-refractivity contribution in [2.24, 2.45) is 23.3 Å². The number of carbonyl (C=O) groups excluding carboxylic acids is 1. The van der Waals surface area contributed by atoms with E-state index in [-0.39, 0.29) is 11.8 Å². The minimum absolute atomic E-state index is 0.0527. The molecule has 2 rings (SSSR count). The van der Waals surface area contributed by atoms with Crippen LogP contribution in [0.15, 0.2) is 30.3 Å². The van der Waals surface area contributed by atoms with Crippen LogP contribution in [0, 0.1) is 11.8 Å². The second-order valence-electron chi connectivity index (χ2n) is 6.03. The fraction of sp³-hybridized carbons (Fsp3) is 0.562. The van der Waals surface area contributed by atoms with Gasteiger partial charge in [0.15, 0.2) is 0 Å². The molecule has 1 aromatic carbocycles. The van der Waals surface area contributed by atoms with Gasteiger partial charge < -0.3 is 16.4 Å². The van der Waals surface area contributed by atoms with Crippen LogP contribution in [-0.2, 0) is 4.79 Å². The Morgan fingerprint density at radius 2 is 1.95 bits per heavy atom. The topological polar surface area (TPSA) is 72.4 Å². The third-order valence-electron chi connectivity index (χ3n) is 4.29. The van der Waals surface area contributed by atoms with Gasteiger partial charge >= 0.3 is 0 Å². The SMILES string of the molecule is CC(C)C(N)C(=O)N1C[C@@H](CN)[C@H](c2ccccc2)C1. The predicted molar refractivity (Wildman–Crippen MR) is 81.1 cm³/mol. The van der Waals surface area contributed by atoms with E-state index in [0.29, 0.717) is 18.4 Å². The summed E-state index contributed by atoms with van der Waals surface area (Å²) in [5.41, 5.74) is 13.1. The van der Waals surface area contributed by atoms with Crippen LogP contribution in [0.5, 0.6) is 0 Å². The molecule has 4 N–H and O–H groups in total. The maximum atomic E-state index is 12.4. The Labute approximate surface area is 121 Å². The molecule has 3 atom stereocenters. The van der Waals surface area contributed by atoms with Gasteiger partial charge in [-0.3, -0.25) is 4.79 Å². The molecule has 0 spiro atoms. The molecule has 1 heterocycles. The highest BCUT2D eigenvalue weighted by atomic mass is 16.2. The molecule has 0 saturated carbocycles. The summed E-state index contributed by atoms with van der Waals surface area (Å²) in [4.78, 5) is 14.3. The van der Waals surface area contributed by atoms with Crippen molar-refractivity contribution in [2.75, 3.05) is 19.6 Å². The normalized spacial score (nSPS) is 24.1. The number of likely N-dealkylation sites (tertiary alicyclic amines) is 1. The number of hydrogen-bond donors (Lipinski definition) is 2. The van der Waals surface area contributed by atoms with Crippen molar-refractivity contribution < 1.29 is 4.79 Å². The molecule has 4 heteroatoms. The van der Waals surface area contributed by atoms with E-state index in [1.807, 2.05) is 36.9 Å². The van der Waals surface area contributed by atoms with Gasteiger partial charge in [0.05, 0.1) is 6.04 Å². The lowest BCUT2D eigenvalue weighted by Crippen LogP contribution is -2.45. The first-order valence-corrected chi connectivity index (χ1v) is 7.34. The summed E-state index contributed by atoms with van der Waals surface area (Å²) < 4.78 is 0. The Morgan fingerprint density at radius 3 is 2.50 bits per heavy atom. The Kier molecular flexibility index (Phi) is 4.78. The summed E-state index contributed by atoms with van der Waals surface area (Å²) in [5.74, 6) is 0.858. The fourth-order valence-electron chi connectivity index (χ4n) is 2.86. The van der Waals surface area contributed by atoms with Gasteiger partial charge in [-0.1, -0.05) is 44.2 Å². The van der Waals surface area contributed by atoms with Crippen molar-refractivity contribution in [2.45, 2.75) is 25.8 Å². The Hall–Kier alpha value is -1.39. The van der Waals surface area contributed by atoms with Gasteiger partial charge in [-0.25, -0.2) is 0 Å². The average molecular weight is 275 g/mol. The summed E-state index contributed by atoms with van der Waals surface area (Å²) >= 11 is 0. The average Bonchev–Trinajstić information content (AvgIpc) is 2.90. The maximum Gasteiger partial charge on any atom is 0.239 e. The smallest absolute Gasteiger partial charge is 0.239 e. The van der Waals surface area contributed by atoms with E-state index in [9.17, 15) is 4.79 Å². The lowest BCUT2D eigenvalue weighted by molar-refractivity contribution is -0.132. The third-order valence-corrected chi connectivity index (χ3v) is 4.29. The molecular weight excluding hydrogens is 250 g/mol. The minimum Gasteiger partial charge on any atom is -0.340 e. The number of carbonyl (C=O) groups is 1. The van der Waals surface area contributed by atoms with Gasteiger partial charge in [-0.2, -0.15) is 0 Å². The lowest BCUT2D eigenvalue weighted by atomic mass is 9.89. The maximum absolute atomic E-state index is 12.4. The van der Waals surface area contributed by atoms with Gasteiger partial charge in [-0.15, -0.1) is 0 Å². The fourth-order valence-corrected chi connectivity index (χ4v) is 2.86. The summed E-state index contributed by atoms with van der Waals surface area (Å²) in [6.07, 6.45) is 0. The summed E-state index contributed by atoms with van der Waals surface area (Å²) in [5, 5.41) is 0. The molecule has 0 radical (unpaired) electrons. The molecule has 1 aromatic rings. The number of benzene rings is 1. The molecule has 4 nitrogen and oxygen atoms in total. The van der Waals surface area contributed by atoms with Crippen molar-refractivity contribution in [3.05, 3.63) is 35.9 Å². The van der Waals surface area contributed by atoms with E-state index in [1.165, 1.54) is 5.56 Å². The molecule has 0 bridgehead atoms. The van der Waals surface area contributed by atoms with Gasteiger partial charge in [0.1, 0.15) is 0 Å². The van der Waals surface area contributed by atoms with Crippen molar-refractivity contribution in [1.29, 1.82) is 0 Å². The highest BCUT2D eigenvalue weighted by Gasteiger charge is 2.37. The van der Waals surface area contributed by atoms with Gasteiger partial charge in [0.2, 0.25) is 5.91 Å². The van der Waals surface area contributed by atoms with Crippen LogP contribution >= 0.6 is 0 Å². The Bertz CT molecular complexity index is 446. The zero-order chi connectivity index (χ0) is 14.7. The van der Waals surface area contributed by atoms with E-state index in [2.05, 4.69) is 12.1 Å². The van der Waals surface area contributed by atoms with Crippen molar-refractivity contribution in [3.8, 4) is 0 Å². The molecule has 0 aliphatic carbocycles. The van der Waals surface area contributed by atoms with Crippen LogP contribution in [0.2, 0.25) is 0 Å². The molecule has 1 aliphatic heterocycles. The Balaban J connectivity index is 2.12. The lowest BCUT2D eigenvalue weighted by Gasteiger charge is -2.23. The second kappa shape index (κ2) is 6.37. The van der Waals surface area contributed by atoms with Crippen LogP contribution < -0.4 is 11.5 Å². The largest absolute Gasteiger partial charge is 0.340 e. The summed E-state index contributed by atoms with van der Waals surface area (Å²) in [6, 6.07) is 9.89. The van der Waals surface area contributed by atoms with E-state index in [1.54, 1.807) is 0 Å². The monoisotopic (exact) mass is 275 g/mol. The molecule has 20 heavy (non-hydrogen) atoms. The van der Waals surface area contributed by atoms with Gasteiger partial charge in [0, 0.05) is 19.0 Å². The van der Waals surface area contributed by atoms with Crippen molar-refractivity contribution in [1.82, 2.24) is 4.90 Å². The van der Waals surface area contributed by atoms with Crippen LogP contribution in [0.25, 0.3) is 0 Å². The molecule has 110 valence electrons. The van der Waals surface area contributed by atoms with E-state index < -0.39 is 6.04 Å². The number of nitrogens with zero attached hydrogens (tertiary/aromatic N) is 1. The zero-order valence-corrected chi connectivity index (χ0v) is 12.3. The molecule has 1 fully saturated rings. The van der Waals surface area contributed by atoms with E-state index in [4.69, 9.17) is 11.5 Å². The first kappa shape index (κ1) is 15.0. The highest BCUT2D eigenvalue weighted by molar-refractivity contribution is 5.82. The summed E-state index contributed by atoms with van der Waals surface area (Å²) in [6.45, 7) is 6.00. The summed E-state index contributed by atoms with van der Waals surface area (Å²) in [7, 11) is 0. The highest BCUT2D eigenvalue weighted by Crippen LogP contribution is 2.32. The molecule has 0 aromatic heterocycles. The molecular formula is C16H25N3O. The van der Waals surface area contributed by atoms with E-state index in [0.717, 1.165) is 13.1 Å². The van der Waals surface area contributed by atoms with E-state index >= 15 is 0 Å². The number of hydrogen-bond acceptors (Lipinski definition) is 3. The third kappa shape index (κ3) is 3.02. The molecule has 1 aliphatic rings. The number of nitrogens with two attached hydrogens (primary N) is 2. The first-order valence-electron chi connectivity index (χ1n) is 7.34. The quantitative estimate of drug-likeness (QED) is 0.866.